The van der Waals surface area contributed by atoms with Gasteiger partial charge in [-0.25, -0.2) is 0 Å². The first-order valence-corrected chi connectivity index (χ1v) is 9.53. The number of nitrogens with one attached hydrogen (secondary N) is 2. The van der Waals surface area contributed by atoms with E-state index < -0.39 is 0 Å². The van der Waals surface area contributed by atoms with Gasteiger partial charge in [0.1, 0.15) is 0 Å². The molecular weight excluding hydrogens is 382 g/mol. The number of anilines is 1. The quantitative estimate of drug-likeness (QED) is 0.584. The maximum Gasteiger partial charge on any atom is 0.265 e. The number of benzene rings is 2. The molecule has 0 saturated heterocycles. The van der Waals surface area contributed by atoms with Crippen LogP contribution in [0.2, 0.25) is 5.02 Å². The Hall–Kier alpha value is -2.67. The van der Waals surface area contributed by atoms with E-state index in [1.165, 1.54) is 11.3 Å². The second-order valence-corrected chi connectivity index (χ2v) is 7.18. The Kier molecular flexibility index (Phi) is 6.24. The molecule has 2 amide bonds. The molecule has 0 bridgehead atoms. The van der Waals surface area contributed by atoms with Crippen molar-refractivity contribution in [2.75, 3.05) is 5.32 Å². The molecule has 7 heteroatoms. The van der Waals surface area contributed by atoms with Crippen molar-refractivity contribution in [3.63, 3.8) is 0 Å². The molecule has 0 aliphatic carbocycles. The summed E-state index contributed by atoms with van der Waals surface area (Å²) in [5, 5.41) is 7.79. The van der Waals surface area contributed by atoms with Crippen molar-refractivity contribution >= 4 is 40.4 Å². The monoisotopic (exact) mass is 399 g/mol. The van der Waals surface area contributed by atoms with E-state index in [0.717, 1.165) is 11.1 Å². The van der Waals surface area contributed by atoms with Gasteiger partial charge in [-0.1, -0.05) is 41.9 Å². The molecule has 138 valence electrons. The summed E-state index contributed by atoms with van der Waals surface area (Å²) in [6, 6.07) is 16.0. The van der Waals surface area contributed by atoms with Crippen LogP contribution in [-0.4, -0.2) is 11.8 Å². The van der Waals surface area contributed by atoms with Crippen LogP contribution in [0, 0.1) is 0 Å². The van der Waals surface area contributed by atoms with E-state index in [4.69, 9.17) is 17.3 Å². The van der Waals surface area contributed by atoms with Gasteiger partial charge in [0.05, 0.1) is 15.6 Å². The fourth-order valence-corrected chi connectivity index (χ4v) is 3.22. The minimum absolute atomic E-state index is 0.249. The van der Waals surface area contributed by atoms with E-state index in [0.29, 0.717) is 34.2 Å². The van der Waals surface area contributed by atoms with Crippen LogP contribution in [0.25, 0.3) is 0 Å². The molecule has 5 nitrogen and oxygen atoms in total. The zero-order valence-electron chi connectivity index (χ0n) is 14.4. The largest absolute Gasteiger partial charge is 0.348 e. The second kappa shape index (κ2) is 8.81. The van der Waals surface area contributed by atoms with Crippen LogP contribution in [-0.2, 0) is 13.1 Å². The second-order valence-electron chi connectivity index (χ2n) is 5.83. The highest BCUT2D eigenvalue weighted by molar-refractivity contribution is 7.12. The van der Waals surface area contributed by atoms with Crippen molar-refractivity contribution < 1.29 is 9.59 Å². The summed E-state index contributed by atoms with van der Waals surface area (Å²) in [6.07, 6.45) is 0. The zero-order valence-corrected chi connectivity index (χ0v) is 15.9. The van der Waals surface area contributed by atoms with E-state index in [1.807, 2.05) is 29.6 Å². The Labute approximate surface area is 166 Å². The van der Waals surface area contributed by atoms with Crippen molar-refractivity contribution in [1.29, 1.82) is 0 Å². The van der Waals surface area contributed by atoms with Gasteiger partial charge in [-0.3, -0.25) is 9.59 Å². The normalized spacial score (nSPS) is 10.4. The number of amides is 2. The molecule has 0 unspecified atom stereocenters. The van der Waals surface area contributed by atoms with Gasteiger partial charge in [-0.15, -0.1) is 11.3 Å². The molecule has 27 heavy (non-hydrogen) atoms. The number of carbonyl (C=O) groups is 2. The minimum atomic E-state index is -0.260. The fraction of sp³-hybridized carbons (Fsp3) is 0.100. The molecule has 0 radical (unpaired) electrons. The molecule has 1 aromatic heterocycles. The van der Waals surface area contributed by atoms with Crippen LogP contribution in [0.1, 0.15) is 31.2 Å². The Morgan fingerprint density at radius 2 is 1.74 bits per heavy atom. The summed E-state index contributed by atoms with van der Waals surface area (Å²) in [5.74, 6) is -0.509. The van der Waals surface area contributed by atoms with Gasteiger partial charge in [0.25, 0.3) is 11.8 Å². The van der Waals surface area contributed by atoms with E-state index >= 15 is 0 Å². The minimum Gasteiger partial charge on any atom is -0.348 e. The van der Waals surface area contributed by atoms with Gasteiger partial charge < -0.3 is 16.4 Å². The third-order valence-corrected chi connectivity index (χ3v) is 5.13. The van der Waals surface area contributed by atoms with Crippen molar-refractivity contribution in [2.45, 2.75) is 13.1 Å². The van der Waals surface area contributed by atoms with Gasteiger partial charge in [-0.05, 0) is 40.8 Å². The highest BCUT2D eigenvalue weighted by Crippen LogP contribution is 2.24. The lowest BCUT2D eigenvalue weighted by molar-refractivity contribution is 0.0949. The third-order valence-electron chi connectivity index (χ3n) is 3.93. The summed E-state index contributed by atoms with van der Waals surface area (Å²) in [7, 11) is 0. The smallest absolute Gasteiger partial charge is 0.265 e. The zero-order chi connectivity index (χ0) is 19.2. The van der Waals surface area contributed by atoms with Gasteiger partial charge in [0.2, 0.25) is 0 Å². The molecule has 0 saturated carbocycles. The maximum atomic E-state index is 12.4. The molecule has 0 fully saturated rings. The highest BCUT2D eigenvalue weighted by Gasteiger charge is 2.13. The van der Waals surface area contributed by atoms with Gasteiger partial charge in [0, 0.05) is 18.7 Å². The lowest BCUT2D eigenvalue weighted by Crippen LogP contribution is -2.23. The van der Waals surface area contributed by atoms with Gasteiger partial charge in [0.15, 0.2) is 0 Å². The van der Waals surface area contributed by atoms with Gasteiger partial charge >= 0.3 is 0 Å². The van der Waals surface area contributed by atoms with Crippen LogP contribution >= 0.6 is 22.9 Å². The topological polar surface area (TPSA) is 84.2 Å². The molecular formula is C20H18ClN3O2S. The first-order chi connectivity index (χ1) is 13.1. The summed E-state index contributed by atoms with van der Waals surface area (Å²) in [6.45, 7) is 0.876. The Morgan fingerprint density at radius 1 is 1.00 bits per heavy atom. The number of carbonyl (C=O) groups excluding carboxylic acids is 2. The average molecular weight is 400 g/mol. The van der Waals surface area contributed by atoms with E-state index in [9.17, 15) is 9.59 Å². The van der Waals surface area contributed by atoms with Gasteiger partial charge in [-0.2, -0.15) is 0 Å². The predicted octanol–water partition coefficient (Wildman–Crippen LogP) is 4.04. The molecule has 0 aliphatic rings. The molecule has 4 N–H and O–H groups in total. The molecule has 3 rings (SSSR count). The van der Waals surface area contributed by atoms with Crippen LogP contribution in [0.15, 0.2) is 60.0 Å². The SMILES string of the molecule is NCc1ccc(CNC(=O)c2ccc(Cl)c(NC(=O)c3cccs3)c2)cc1. The molecule has 0 atom stereocenters. The highest BCUT2D eigenvalue weighted by atomic mass is 35.5. The van der Waals surface area contributed by atoms with Crippen molar-refractivity contribution in [3.8, 4) is 0 Å². The van der Waals surface area contributed by atoms with E-state index in [2.05, 4.69) is 10.6 Å². The summed E-state index contributed by atoms with van der Waals surface area (Å²) >= 11 is 7.49. The van der Waals surface area contributed by atoms with Crippen LogP contribution in [0.3, 0.4) is 0 Å². The van der Waals surface area contributed by atoms with Crippen LogP contribution in [0.4, 0.5) is 5.69 Å². The molecule has 3 aromatic rings. The molecule has 1 heterocycles. The fourth-order valence-electron chi connectivity index (χ4n) is 2.43. The molecule has 0 aliphatic heterocycles. The number of thiophene rings is 1. The Morgan fingerprint density at radius 3 is 2.41 bits per heavy atom. The lowest BCUT2D eigenvalue weighted by Gasteiger charge is -2.10. The number of rotatable bonds is 6. The van der Waals surface area contributed by atoms with Crippen molar-refractivity contribution in [3.05, 3.63) is 86.6 Å². The standard InChI is InChI=1S/C20H18ClN3O2S/c21-16-8-7-15(10-17(16)24-20(26)18-2-1-9-27-18)19(25)23-12-14-5-3-13(11-22)4-6-14/h1-10H,11-12,22H2,(H,23,25)(H,24,26). The van der Waals surface area contributed by atoms with Crippen molar-refractivity contribution in [2.24, 2.45) is 5.73 Å². The number of hydrogen-bond donors (Lipinski definition) is 3. The first-order valence-electron chi connectivity index (χ1n) is 8.27. The Balaban J connectivity index is 1.66. The molecule has 0 spiro atoms. The molecule has 2 aromatic carbocycles. The maximum absolute atomic E-state index is 12.4. The lowest BCUT2D eigenvalue weighted by atomic mass is 10.1. The van der Waals surface area contributed by atoms with Crippen LogP contribution < -0.4 is 16.4 Å². The first kappa shape index (κ1) is 19.1. The summed E-state index contributed by atoms with van der Waals surface area (Å²) < 4.78 is 0. The third kappa shape index (κ3) is 4.95. The average Bonchev–Trinajstić information content (AvgIpc) is 3.23. The predicted molar refractivity (Wildman–Crippen MR) is 109 cm³/mol. The number of halogens is 1. The van der Waals surface area contributed by atoms with E-state index in [-0.39, 0.29) is 11.8 Å². The van der Waals surface area contributed by atoms with Crippen LogP contribution in [0.5, 0.6) is 0 Å². The van der Waals surface area contributed by atoms with Crippen molar-refractivity contribution in [1.82, 2.24) is 5.32 Å². The summed E-state index contributed by atoms with van der Waals surface area (Å²) in [4.78, 5) is 25.2. The number of nitrogens with two attached hydrogens (primary N) is 1. The Bertz CT molecular complexity index is 940. The summed E-state index contributed by atoms with van der Waals surface area (Å²) in [5.41, 5.74) is 8.40. The van der Waals surface area contributed by atoms with E-state index in [1.54, 1.807) is 30.3 Å². The number of hydrogen-bond acceptors (Lipinski definition) is 4.